The maximum atomic E-state index is 12.2. The van der Waals surface area contributed by atoms with Crippen LogP contribution in [-0.4, -0.2) is 57.8 Å². The van der Waals surface area contributed by atoms with E-state index in [1.54, 1.807) is 6.07 Å². The fourth-order valence-electron chi connectivity index (χ4n) is 1.90. The molecule has 112 valence electrons. The van der Waals surface area contributed by atoms with Gasteiger partial charge in [0.15, 0.2) is 0 Å². The third kappa shape index (κ3) is 4.39. The molecule has 0 aliphatic carbocycles. The third-order valence-corrected chi connectivity index (χ3v) is 5.01. The van der Waals surface area contributed by atoms with Crippen LogP contribution in [-0.2, 0) is 10.0 Å². The van der Waals surface area contributed by atoms with Gasteiger partial charge in [0.1, 0.15) is 6.34 Å². The van der Waals surface area contributed by atoms with Gasteiger partial charge >= 0.3 is 0 Å². The quantitative estimate of drug-likeness (QED) is 0.418. The summed E-state index contributed by atoms with van der Waals surface area (Å²) in [5, 5.41) is 8.91. The second-order valence-electron chi connectivity index (χ2n) is 4.82. The molecule has 1 aliphatic rings. The summed E-state index contributed by atoms with van der Waals surface area (Å²) in [5.74, 6) is 0. The number of likely N-dealkylation sites (N-methyl/N-ethyl adjacent to an activating group) is 1. The average molecular weight is 418 g/mol. The van der Waals surface area contributed by atoms with Crippen molar-refractivity contribution in [3.8, 4) is 6.07 Å². The molecule has 8 heteroatoms. The number of benzene rings is 1. The molecular formula is C13H15IN4O2S. The molecular weight excluding hydrogens is 403 g/mol. The molecule has 1 fully saturated rings. The van der Waals surface area contributed by atoms with Crippen LogP contribution in [0.5, 0.6) is 0 Å². The lowest BCUT2D eigenvalue weighted by Gasteiger charge is -2.30. The highest BCUT2D eigenvalue weighted by molar-refractivity contribution is 14.1. The van der Waals surface area contributed by atoms with E-state index in [-0.39, 0.29) is 4.90 Å². The van der Waals surface area contributed by atoms with Crippen molar-refractivity contribution >= 4 is 39.0 Å². The second-order valence-corrected chi connectivity index (χ2v) is 7.70. The number of hydrogen-bond donors (Lipinski definition) is 0. The monoisotopic (exact) mass is 418 g/mol. The van der Waals surface area contributed by atoms with E-state index in [4.69, 9.17) is 5.26 Å². The number of sulfonamides is 1. The Morgan fingerprint density at radius 3 is 2.57 bits per heavy atom. The molecule has 0 atom stereocenters. The van der Waals surface area contributed by atoms with Crippen LogP contribution in [0.2, 0.25) is 0 Å². The van der Waals surface area contributed by atoms with Gasteiger partial charge in [-0.25, -0.2) is 0 Å². The summed E-state index contributed by atoms with van der Waals surface area (Å²) >= 11 is 1.98. The van der Waals surface area contributed by atoms with Gasteiger partial charge in [0.2, 0.25) is 0 Å². The highest BCUT2D eigenvalue weighted by atomic mass is 127. The number of nitriles is 1. The van der Waals surface area contributed by atoms with Gasteiger partial charge in [-0.05, 0) is 47.8 Å². The molecule has 0 saturated carbocycles. The highest BCUT2D eigenvalue weighted by Gasteiger charge is 2.16. The van der Waals surface area contributed by atoms with Crippen LogP contribution in [0.4, 0.5) is 0 Å². The van der Waals surface area contributed by atoms with Gasteiger partial charge in [0.05, 0.1) is 16.5 Å². The zero-order valence-electron chi connectivity index (χ0n) is 11.5. The first-order chi connectivity index (χ1) is 9.90. The Balaban J connectivity index is 2.19. The zero-order chi connectivity index (χ0) is 15.5. The number of rotatable bonds is 3. The van der Waals surface area contributed by atoms with Gasteiger partial charge in [-0.2, -0.15) is 13.7 Å². The van der Waals surface area contributed by atoms with Gasteiger partial charge in [0, 0.05) is 29.7 Å². The molecule has 21 heavy (non-hydrogen) atoms. The highest BCUT2D eigenvalue weighted by Crippen LogP contribution is 2.18. The Morgan fingerprint density at radius 1 is 1.29 bits per heavy atom. The Kier molecular flexibility index (Phi) is 5.18. The molecule has 1 saturated heterocycles. The fraction of sp³-hybridized carbons (Fsp3) is 0.385. The summed E-state index contributed by atoms with van der Waals surface area (Å²) in [4.78, 5) is 4.12. The molecule has 0 unspecified atom stereocenters. The third-order valence-electron chi connectivity index (χ3n) is 3.19. The van der Waals surface area contributed by atoms with E-state index < -0.39 is 10.0 Å². The minimum absolute atomic E-state index is 0.0522. The van der Waals surface area contributed by atoms with Gasteiger partial charge in [-0.1, -0.05) is 0 Å². The van der Waals surface area contributed by atoms with Gasteiger partial charge in [0.25, 0.3) is 10.0 Å². The van der Waals surface area contributed by atoms with E-state index in [0.29, 0.717) is 9.13 Å². The minimum atomic E-state index is -3.77. The van der Waals surface area contributed by atoms with E-state index >= 15 is 0 Å². The van der Waals surface area contributed by atoms with E-state index in [0.717, 1.165) is 26.2 Å². The van der Waals surface area contributed by atoms with Crippen molar-refractivity contribution < 1.29 is 8.42 Å². The summed E-state index contributed by atoms with van der Waals surface area (Å²) in [6.45, 7) is 3.28. The largest absolute Gasteiger partial charge is 0.359 e. The van der Waals surface area contributed by atoms with E-state index in [1.807, 2.05) is 40.6 Å². The van der Waals surface area contributed by atoms with Gasteiger partial charge in [-0.3, -0.25) is 0 Å². The molecule has 1 heterocycles. The molecule has 1 aromatic rings. The first-order valence-corrected chi connectivity index (χ1v) is 8.86. The summed E-state index contributed by atoms with van der Waals surface area (Å²) < 4.78 is 28.9. The van der Waals surface area contributed by atoms with Crippen LogP contribution in [0.3, 0.4) is 0 Å². The van der Waals surface area contributed by atoms with Crippen LogP contribution in [0.15, 0.2) is 27.5 Å². The Labute approximate surface area is 138 Å². The van der Waals surface area contributed by atoms with Crippen LogP contribution in [0.1, 0.15) is 5.56 Å². The SMILES string of the molecule is CN1CCN(/C=N/S(=O)(=O)c2cc(I)cc(C#N)c2)CC1. The molecule has 0 N–H and O–H groups in total. The molecule has 1 aromatic carbocycles. The predicted octanol–water partition coefficient (Wildman–Crippen LogP) is 1.13. The topological polar surface area (TPSA) is 76.8 Å². The van der Waals surface area contributed by atoms with E-state index in [2.05, 4.69) is 9.30 Å². The summed E-state index contributed by atoms with van der Waals surface area (Å²) in [6.07, 6.45) is 1.38. The van der Waals surface area contributed by atoms with Crippen molar-refractivity contribution in [3.05, 3.63) is 27.3 Å². The fourth-order valence-corrected chi connectivity index (χ4v) is 3.72. The average Bonchev–Trinajstić information content (AvgIpc) is 2.46. The maximum absolute atomic E-state index is 12.2. The lowest BCUT2D eigenvalue weighted by atomic mass is 10.2. The number of nitrogens with zero attached hydrogens (tertiary/aromatic N) is 4. The summed E-state index contributed by atoms with van der Waals surface area (Å²) in [7, 11) is -1.74. The first-order valence-electron chi connectivity index (χ1n) is 6.34. The van der Waals surface area contributed by atoms with E-state index in [1.165, 1.54) is 18.5 Å². The maximum Gasteiger partial charge on any atom is 0.283 e. The molecule has 1 aliphatic heterocycles. The zero-order valence-corrected chi connectivity index (χ0v) is 14.5. The summed E-state index contributed by atoms with van der Waals surface area (Å²) in [6, 6.07) is 6.44. The molecule has 2 rings (SSSR count). The smallest absolute Gasteiger partial charge is 0.283 e. The van der Waals surface area contributed by atoms with Crippen molar-refractivity contribution in [2.24, 2.45) is 4.40 Å². The van der Waals surface area contributed by atoms with Crippen molar-refractivity contribution in [1.29, 1.82) is 5.26 Å². The van der Waals surface area contributed by atoms with Crippen molar-refractivity contribution in [1.82, 2.24) is 9.80 Å². The summed E-state index contributed by atoms with van der Waals surface area (Å²) in [5.41, 5.74) is 0.315. The molecule has 0 radical (unpaired) electrons. The molecule has 0 amide bonds. The Morgan fingerprint density at radius 2 is 1.95 bits per heavy atom. The van der Waals surface area contributed by atoms with Crippen molar-refractivity contribution in [2.45, 2.75) is 4.90 Å². The lowest BCUT2D eigenvalue weighted by Crippen LogP contribution is -2.43. The van der Waals surface area contributed by atoms with Crippen LogP contribution in [0, 0.1) is 14.9 Å². The number of piperazine rings is 1. The van der Waals surface area contributed by atoms with E-state index in [9.17, 15) is 8.42 Å². The van der Waals surface area contributed by atoms with Crippen molar-refractivity contribution in [2.75, 3.05) is 33.2 Å². The van der Waals surface area contributed by atoms with Gasteiger partial charge < -0.3 is 9.80 Å². The first kappa shape index (κ1) is 16.2. The number of hydrogen-bond acceptors (Lipinski definition) is 4. The normalized spacial score (nSPS) is 17.1. The standard InChI is InChI=1S/C13H15IN4O2S/c1-17-2-4-18(5-3-17)10-16-21(19,20)13-7-11(9-15)6-12(14)8-13/h6-8,10H,2-5H2,1H3/b16-10+. The van der Waals surface area contributed by atoms with Gasteiger partial charge in [-0.15, -0.1) is 4.40 Å². The molecule has 0 aromatic heterocycles. The predicted molar refractivity (Wildman–Crippen MR) is 88.6 cm³/mol. The molecule has 0 spiro atoms. The van der Waals surface area contributed by atoms with Crippen LogP contribution < -0.4 is 0 Å². The van der Waals surface area contributed by atoms with Crippen LogP contribution >= 0.6 is 22.6 Å². The molecule has 0 bridgehead atoms. The lowest BCUT2D eigenvalue weighted by molar-refractivity contribution is 0.219. The van der Waals surface area contributed by atoms with Crippen molar-refractivity contribution in [3.63, 3.8) is 0 Å². The molecule has 6 nitrogen and oxygen atoms in total. The number of halogens is 1. The Bertz CT molecular complexity index is 689. The minimum Gasteiger partial charge on any atom is -0.359 e. The second kappa shape index (κ2) is 6.72. The van der Waals surface area contributed by atoms with Crippen LogP contribution in [0.25, 0.3) is 0 Å². The Hall–Kier alpha value is -1.18.